The highest BCUT2D eigenvalue weighted by atomic mass is 16.6. The second kappa shape index (κ2) is 13.5. The fraction of sp³-hybridized carbons (Fsp3) is 0.536. The van der Waals surface area contributed by atoms with Gasteiger partial charge in [0, 0.05) is 19.1 Å². The Morgan fingerprint density at radius 2 is 1.71 bits per heavy atom. The van der Waals surface area contributed by atoms with Gasteiger partial charge in [0.25, 0.3) is 0 Å². The molecule has 2 aromatic rings. The van der Waals surface area contributed by atoms with E-state index in [0.717, 1.165) is 43.5 Å². The molecule has 0 aromatic heterocycles. The van der Waals surface area contributed by atoms with Gasteiger partial charge in [0.1, 0.15) is 0 Å². The van der Waals surface area contributed by atoms with Gasteiger partial charge in [-0.25, -0.2) is 4.79 Å². The minimum Gasteiger partial charge on any atom is -0.493 e. The summed E-state index contributed by atoms with van der Waals surface area (Å²) < 4.78 is 21.2. The molecular weight excluding hydrogens is 446 g/mol. The van der Waals surface area contributed by atoms with Crippen molar-refractivity contribution in [2.45, 2.75) is 44.8 Å². The van der Waals surface area contributed by atoms with Crippen molar-refractivity contribution >= 4 is 5.97 Å². The second-order valence-electron chi connectivity index (χ2n) is 9.20. The molecule has 0 radical (unpaired) electrons. The Bertz CT molecular complexity index is 947. The van der Waals surface area contributed by atoms with Crippen LogP contribution >= 0.6 is 0 Å². The van der Waals surface area contributed by atoms with Gasteiger partial charge in [-0.15, -0.1) is 0 Å². The number of aliphatic hydroxyl groups excluding tert-OH is 1. The molecule has 7 nitrogen and oxygen atoms in total. The number of ether oxygens (including phenoxy) is 4. The largest absolute Gasteiger partial charge is 0.493 e. The fourth-order valence-corrected chi connectivity index (χ4v) is 4.70. The SMILES string of the molecule is COC(=O)c1cccc(CCN(C)CCCC(c2ccc(OC)c(OC)c2)(C(C)C)C(O)OC)c1. The minimum absolute atomic E-state index is 0.113. The van der Waals surface area contributed by atoms with E-state index in [-0.39, 0.29) is 11.9 Å². The third-order valence-electron chi connectivity index (χ3n) is 6.88. The zero-order valence-corrected chi connectivity index (χ0v) is 22.2. The van der Waals surface area contributed by atoms with E-state index in [1.165, 1.54) is 14.2 Å². The summed E-state index contributed by atoms with van der Waals surface area (Å²) in [5.41, 5.74) is 2.01. The van der Waals surface area contributed by atoms with Crippen molar-refractivity contribution in [2.75, 3.05) is 48.6 Å². The third kappa shape index (κ3) is 6.97. The van der Waals surface area contributed by atoms with Gasteiger partial charge in [-0.1, -0.05) is 32.0 Å². The minimum atomic E-state index is -0.966. The monoisotopic (exact) mass is 487 g/mol. The Morgan fingerprint density at radius 1 is 1.00 bits per heavy atom. The Kier molecular flexibility index (Phi) is 11.0. The lowest BCUT2D eigenvalue weighted by Gasteiger charge is -2.42. The molecule has 0 saturated carbocycles. The molecule has 2 atom stereocenters. The molecule has 0 bridgehead atoms. The topological polar surface area (TPSA) is 77.5 Å². The van der Waals surface area contributed by atoms with E-state index in [1.54, 1.807) is 20.3 Å². The number of carbonyl (C=O) groups is 1. The Hall–Kier alpha value is -2.61. The number of benzene rings is 2. The number of nitrogens with zero attached hydrogens (tertiary/aromatic N) is 1. The molecule has 0 aliphatic carbocycles. The van der Waals surface area contributed by atoms with Gasteiger partial charge < -0.3 is 29.0 Å². The van der Waals surface area contributed by atoms with E-state index >= 15 is 0 Å². The molecule has 0 fully saturated rings. The number of hydrogen-bond donors (Lipinski definition) is 1. The van der Waals surface area contributed by atoms with Crippen molar-refractivity contribution in [3.63, 3.8) is 0 Å². The molecule has 7 heteroatoms. The number of esters is 1. The van der Waals surface area contributed by atoms with E-state index in [2.05, 4.69) is 25.8 Å². The molecule has 0 saturated heterocycles. The maximum atomic E-state index is 11.8. The van der Waals surface area contributed by atoms with Gasteiger partial charge in [-0.2, -0.15) is 0 Å². The smallest absolute Gasteiger partial charge is 0.337 e. The first-order chi connectivity index (χ1) is 16.7. The number of hydrogen-bond acceptors (Lipinski definition) is 7. The van der Waals surface area contributed by atoms with Crippen molar-refractivity contribution in [1.29, 1.82) is 0 Å². The highest BCUT2D eigenvalue weighted by molar-refractivity contribution is 5.89. The van der Waals surface area contributed by atoms with Crippen LogP contribution in [-0.4, -0.2) is 70.8 Å². The van der Waals surface area contributed by atoms with Crippen LogP contribution in [-0.2, 0) is 21.3 Å². The maximum absolute atomic E-state index is 11.8. The predicted molar refractivity (Wildman–Crippen MR) is 137 cm³/mol. The van der Waals surface area contributed by atoms with Crippen molar-refractivity contribution in [1.82, 2.24) is 4.90 Å². The summed E-state index contributed by atoms with van der Waals surface area (Å²) in [7, 11) is 8.24. The summed E-state index contributed by atoms with van der Waals surface area (Å²) in [6.07, 6.45) is 1.46. The number of likely N-dealkylation sites (N-methyl/N-ethyl adjacent to an activating group) is 1. The first kappa shape index (κ1) is 28.6. The molecular formula is C28H41NO6. The highest BCUT2D eigenvalue weighted by Gasteiger charge is 2.43. The fourth-order valence-electron chi connectivity index (χ4n) is 4.70. The summed E-state index contributed by atoms with van der Waals surface area (Å²) in [6.45, 7) is 5.92. The second-order valence-corrected chi connectivity index (χ2v) is 9.20. The summed E-state index contributed by atoms with van der Waals surface area (Å²) >= 11 is 0. The van der Waals surface area contributed by atoms with Gasteiger partial charge >= 0.3 is 5.97 Å². The van der Waals surface area contributed by atoms with Gasteiger partial charge in [-0.05, 0) is 74.2 Å². The molecule has 194 valence electrons. The first-order valence-corrected chi connectivity index (χ1v) is 12.0. The van der Waals surface area contributed by atoms with E-state index in [9.17, 15) is 9.90 Å². The van der Waals surface area contributed by atoms with Crippen molar-refractivity contribution in [3.05, 3.63) is 59.2 Å². The molecule has 0 amide bonds. The maximum Gasteiger partial charge on any atom is 0.337 e. The molecule has 0 heterocycles. The Labute approximate surface area is 209 Å². The van der Waals surface area contributed by atoms with Crippen molar-refractivity contribution in [3.8, 4) is 11.5 Å². The first-order valence-electron chi connectivity index (χ1n) is 12.0. The van der Waals surface area contributed by atoms with Crippen LogP contribution in [0.4, 0.5) is 0 Å². The van der Waals surface area contributed by atoms with Crippen LogP contribution in [0.25, 0.3) is 0 Å². The Balaban J connectivity index is 2.11. The van der Waals surface area contributed by atoms with Crippen LogP contribution < -0.4 is 9.47 Å². The van der Waals surface area contributed by atoms with Crippen LogP contribution in [0.5, 0.6) is 11.5 Å². The van der Waals surface area contributed by atoms with E-state index in [1.807, 2.05) is 36.4 Å². The number of carbonyl (C=O) groups excluding carboxylic acids is 1. The number of aliphatic hydroxyl groups is 1. The van der Waals surface area contributed by atoms with E-state index in [0.29, 0.717) is 17.1 Å². The highest BCUT2D eigenvalue weighted by Crippen LogP contribution is 2.43. The lowest BCUT2D eigenvalue weighted by atomic mass is 9.68. The van der Waals surface area contributed by atoms with Crippen LogP contribution in [0.15, 0.2) is 42.5 Å². The molecule has 1 N–H and O–H groups in total. The predicted octanol–water partition coefficient (Wildman–Crippen LogP) is 4.30. The molecule has 2 aromatic carbocycles. The van der Waals surface area contributed by atoms with E-state index in [4.69, 9.17) is 18.9 Å². The van der Waals surface area contributed by atoms with Gasteiger partial charge in [0.05, 0.1) is 26.9 Å². The standard InChI is InChI=1S/C28H41NO6/c1-20(2)28(27(31)35-7,23-12-13-24(32-4)25(19-23)33-5)15-9-16-29(3)17-14-21-10-8-11-22(18-21)26(30)34-6/h8,10-13,18-20,27,31H,9,14-17H2,1-7H3. The molecule has 0 spiro atoms. The van der Waals surface area contributed by atoms with Crippen LogP contribution in [0.2, 0.25) is 0 Å². The van der Waals surface area contributed by atoms with E-state index < -0.39 is 11.7 Å². The third-order valence-corrected chi connectivity index (χ3v) is 6.88. The molecule has 0 aliphatic heterocycles. The Morgan fingerprint density at radius 3 is 2.31 bits per heavy atom. The quantitative estimate of drug-likeness (QED) is 0.314. The summed E-state index contributed by atoms with van der Waals surface area (Å²) in [4.78, 5) is 14.1. The summed E-state index contributed by atoms with van der Waals surface area (Å²) in [5, 5.41) is 11.0. The van der Waals surface area contributed by atoms with Gasteiger partial charge in [-0.3, -0.25) is 0 Å². The van der Waals surface area contributed by atoms with Crippen molar-refractivity contribution < 1.29 is 28.8 Å². The van der Waals surface area contributed by atoms with Crippen molar-refractivity contribution in [2.24, 2.45) is 5.92 Å². The average molecular weight is 488 g/mol. The molecule has 2 unspecified atom stereocenters. The molecule has 0 aliphatic rings. The number of rotatable bonds is 14. The van der Waals surface area contributed by atoms with Crippen LogP contribution in [0, 0.1) is 5.92 Å². The molecule has 35 heavy (non-hydrogen) atoms. The molecule has 2 rings (SSSR count). The normalized spacial score (nSPS) is 14.0. The van der Waals surface area contributed by atoms with Gasteiger partial charge in [0.2, 0.25) is 0 Å². The summed E-state index contributed by atoms with van der Waals surface area (Å²) in [5.74, 6) is 1.07. The van der Waals surface area contributed by atoms with Crippen LogP contribution in [0.1, 0.15) is 48.2 Å². The lowest BCUT2D eigenvalue weighted by Crippen LogP contribution is -2.46. The zero-order valence-electron chi connectivity index (χ0n) is 22.2. The zero-order chi connectivity index (χ0) is 26.0. The van der Waals surface area contributed by atoms with Crippen LogP contribution in [0.3, 0.4) is 0 Å². The van der Waals surface area contributed by atoms with Gasteiger partial charge in [0.15, 0.2) is 17.8 Å². The lowest BCUT2D eigenvalue weighted by molar-refractivity contribution is -0.143. The number of methoxy groups -OCH3 is 4. The summed E-state index contributed by atoms with van der Waals surface area (Å²) in [6, 6.07) is 13.4. The average Bonchev–Trinajstić information content (AvgIpc) is 2.88.